The summed E-state index contributed by atoms with van der Waals surface area (Å²) in [7, 11) is -4.22. The number of ether oxygens (including phenoxy) is 1. The van der Waals surface area contributed by atoms with Crippen LogP contribution in [0.2, 0.25) is 0 Å². The molecule has 3 aromatic rings. The second-order valence-electron chi connectivity index (χ2n) is 8.92. The maximum atomic E-state index is 14.1. The quantitative estimate of drug-likeness (QED) is 0.254. The number of nitrogens with zero attached hydrogens (tertiary/aromatic N) is 2. The van der Waals surface area contributed by atoms with Crippen LogP contribution < -0.4 is 4.31 Å². The van der Waals surface area contributed by atoms with Gasteiger partial charge in [0.25, 0.3) is 10.0 Å². The van der Waals surface area contributed by atoms with Crippen molar-refractivity contribution in [3.8, 4) is 0 Å². The van der Waals surface area contributed by atoms with Gasteiger partial charge in [-0.15, -0.1) is 0 Å². The predicted octanol–water partition coefficient (Wildman–Crippen LogP) is 4.94. The number of aryl methyl sites for hydroxylation is 2. The van der Waals surface area contributed by atoms with Crippen LogP contribution in [0.4, 0.5) is 5.69 Å². The minimum atomic E-state index is -4.22. The van der Waals surface area contributed by atoms with Crippen LogP contribution in [-0.2, 0) is 19.6 Å². The maximum absolute atomic E-state index is 14.1. The number of nitro groups is 1. The first-order chi connectivity index (χ1) is 17.1. The van der Waals surface area contributed by atoms with E-state index >= 15 is 0 Å². The molecule has 3 atom stereocenters. The summed E-state index contributed by atoms with van der Waals surface area (Å²) in [6.45, 7) is 5.55. The van der Waals surface area contributed by atoms with Crippen molar-refractivity contribution in [1.82, 2.24) is 0 Å². The highest BCUT2D eigenvalue weighted by Gasteiger charge is 2.53. The van der Waals surface area contributed by atoms with Crippen LogP contribution in [-0.4, -0.2) is 32.0 Å². The monoisotopic (exact) mass is 508 g/mol. The molecule has 0 N–H and O–H groups in total. The van der Waals surface area contributed by atoms with Gasteiger partial charge in [0.2, 0.25) is 6.04 Å². The van der Waals surface area contributed by atoms with Crippen LogP contribution in [0.1, 0.15) is 47.6 Å². The minimum Gasteiger partial charge on any atom is -0.466 e. The Morgan fingerprint density at radius 2 is 1.56 bits per heavy atom. The lowest BCUT2D eigenvalue weighted by atomic mass is 9.78. The summed E-state index contributed by atoms with van der Waals surface area (Å²) in [6.07, 6.45) is -0.239. The van der Waals surface area contributed by atoms with E-state index in [1.54, 1.807) is 67.6 Å². The number of hydrogen-bond donors (Lipinski definition) is 0. The van der Waals surface area contributed by atoms with E-state index in [-0.39, 0.29) is 17.9 Å². The summed E-state index contributed by atoms with van der Waals surface area (Å²) in [5.74, 6) is -1.45. The van der Waals surface area contributed by atoms with Gasteiger partial charge in [-0.1, -0.05) is 65.7 Å². The van der Waals surface area contributed by atoms with Gasteiger partial charge in [-0.2, -0.15) is 0 Å². The summed E-state index contributed by atoms with van der Waals surface area (Å²) in [5.41, 5.74) is 3.04. The number of fused-ring (bicyclic) bond motifs is 1. The van der Waals surface area contributed by atoms with Crippen molar-refractivity contribution >= 4 is 21.7 Å². The van der Waals surface area contributed by atoms with Gasteiger partial charge in [-0.3, -0.25) is 19.2 Å². The number of hydrogen-bond acceptors (Lipinski definition) is 6. The first kappa shape index (κ1) is 25.4. The molecule has 0 aromatic heterocycles. The van der Waals surface area contributed by atoms with Crippen molar-refractivity contribution in [3.05, 3.63) is 105 Å². The normalized spacial score (nSPS) is 19.4. The average Bonchev–Trinajstić information content (AvgIpc) is 2.84. The molecule has 0 saturated heterocycles. The van der Waals surface area contributed by atoms with Gasteiger partial charge in [-0.05, 0) is 50.1 Å². The Labute approximate surface area is 210 Å². The summed E-state index contributed by atoms with van der Waals surface area (Å²) in [6, 6.07) is 17.5. The fraction of sp³-hybridized carbons (Fsp3) is 0.296. The van der Waals surface area contributed by atoms with E-state index in [0.717, 1.165) is 15.4 Å². The summed E-state index contributed by atoms with van der Waals surface area (Å²) < 4.78 is 34.5. The molecule has 36 heavy (non-hydrogen) atoms. The average molecular weight is 509 g/mol. The van der Waals surface area contributed by atoms with Gasteiger partial charge in [0.05, 0.1) is 29.5 Å². The van der Waals surface area contributed by atoms with E-state index < -0.39 is 38.9 Å². The molecule has 1 heterocycles. The molecule has 0 aliphatic carbocycles. The molecule has 3 aromatic carbocycles. The number of anilines is 1. The third-order valence-electron chi connectivity index (χ3n) is 6.49. The molecular weight excluding hydrogens is 480 g/mol. The molecule has 0 amide bonds. The Balaban J connectivity index is 2.00. The second kappa shape index (κ2) is 10.1. The molecule has 0 fully saturated rings. The molecule has 0 unspecified atom stereocenters. The molecule has 0 saturated carbocycles. The molecule has 1 aliphatic rings. The Kier molecular flexibility index (Phi) is 7.12. The van der Waals surface area contributed by atoms with Crippen LogP contribution in [0.15, 0.2) is 77.7 Å². The van der Waals surface area contributed by atoms with Gasteiger partial charge < -0.3 is 4.74 Å². The zero-order valence-corrected chi connectivity index (χ0v) is 21.1. The number of carbonyl (C=O) groups is 1. The summed E-state index contributed by atoms with van der Waals surface area (Å²) in [4.78, 5) is 24.7. The van der Waals surface area contributed by atoms with E-state index in [0.29, 0.717) is 16.8 Å². The predicted molar refractivity (Wildman–Crippen MR) is 136 cm³/mol. The fourth-order valence-corrected chi connectivity index (χ4v) is 6.46. The number of esters is 1. The van der Waals surface area contributed by atoms with Gasteiger partial charge in [0.1, 0.15) is 6.04 Å². The minimum absolute atomic E-state index is 0.0333. The van der Waals surface area contributed by atoms with Crippen LogP contribution in [0.3, 0.4) is 0 Å². The maximum Gasteiger partial charge on any atom is 0.306 e. The van der Waals surface area contributed by atoms with Gasteiger partial charge in [0.15, 0.2) is 0 Å². The number of benzene rings is 3. The highest BCUT2D eigenvalue weighted by Crippen LogP contribution is 2.49. The smallest absolute Gasteiger partial charge is 0.306 e. The first-order valence-corrected chi connectivity index (χ1v) is 13.1. The SMILES string of the molecule is CCOC(=O)C[C@@H]1c2ccccc2N(S(=O)(=O)c2ccc(C)cc2)[C@H](c2ccc(C)cc2)[C@H]1[N+](=O)[O-]. The highest BCUT2D eigenvalue weighted by atomic mass is 32.2. The number of carbonyl (C=O) groups excluding carboxylic acids is 1. The Hall–Kier alpha value is -3.72. The standard InChI is InChI=1S/C27H28N2O6S/c1-4-35-25(30)17-23-22-7-5-6-8-24(22)28(36(33,34)21-15-11-19(3)12-16-21)26(27(23)29(31)32)20-13-9-18(2)10-14-20/h5-16,23,26-27H,4,17H2,1-3H3/t23-,26-,27+/m1/s1. The van der Waals surface area contributed by atoms with E-state index in [2.05, 4.69) is 0 Å². The second-order valence-corrected chi connectivity index (χ2v) is 10.7. The molecule has 9 heteroatoms. The third-order valence-corrected chi connectivity index (χ3v) is 8.30. The van der Waals surface area contributed by atoms with E-state index in [1.165, 1.54) is 12.1 Å². The molecular formula is C27H28N2O6S. The van der Waals surface area contributed by atoms with Crippen LogP contribution in [0, 0.1) is 24.0 Å². The largest absolute Gasteiger partial charge is 0.466 e. The van der Waals surface area contributed by atoms with Crippen LogP contribution in [0.25, 0.3) is 0 Å². The van der Waals surface area contributed by atoms with Gasteiger partial charge >= 0.3 is 5.97 Å². The Bertz CT molecular complexity index is 1370. The third kappa shape index (κ3) is 4.70. The van der Waals surface area contributed by atoms with Crippen molar-refractivity contribution in [3.63, 3.8) is 0 Å². The molecule has 188 valence electrons. The molecule has 0 radical (unpaired) electrons. The van der Waals surface area contributed by atoms with Gasteiger partial charge in [0, 0.05) is 4.92 Å². The Morgan fingerprint density at radius 1 is 0.972 bits per heavy atom. The number of para-hydroxylation sites is 1. The number of sulfonamides is 1. The molecule has 0 bridgehead atoms. The lowest BCUT2D eigenvalue weighted by Crippen LogP contribution is -2.50. The highest BCUT2D eigenvalue weighted by molar-refractivity contribution is 7.92. The van der Waals surface area contributed by atoms with E-state index in [9.17, 15) is 23.3 Å². The molecule has 8 nitrogen and oxygen atoms in total. The number of rotatable bonds is 7. The lowest BCUT2D eigenvalue weighted by molar-refractivity contribution is -0.531. The first-order valence-electron chi connectivity index (χ1n) is 11.7. The van der Waals surface area contributed by atoms with Crippen molar-refractivity contribution in [2.45, 2.75) is 50.1 Å². The van der Waals surface area contributed by atoms with E-state index in [1.807, 2.05) is 13.8 Å². The van der Waals surface area contributed by atoms with Crippen molar-refractivity contribution in [2.24, 2.45) is 0 Å². The van der Waals surface area contributed by atoms with Crippen molar-refractivity contribution < 1.29 is 22.9 Å². The molecule has 0 spiro atoms. The summed E-state index contributed by atoms with van der Waals surface area (Å²) >= 11 is 0. The fourth-order valence-electron chi connectivity index (χ4n) is 4.79. The lowest BCUT2D eigenvalue weighted by Gasteiger charge is -2.42. The van der Waals surface area contributed by atoms with Crippen molar-refractivity contribution in [1.29, 1.82) is 0 Å². The molecule has 4 rings (SSSR count). The van der Waals surface area contributed by atoms with Crippen LogP contribution in [0.5, 0.6) is 0 Å². The van der Waals surface area contributed by atoms with Gasteiger partial charge in [-0.25, -0.2) is 8.42 Å². The zero-order chi connectivity index (χ0) is 26.0. The zero-order valence-electron chi connectivity index (χ0n) is 20.3. The van der Waals surface area contributed by atoms with Crippen LogP contribution >= 0.6 is 0 Å². The van der Waals surface area contributed by atoms with Crippen molar-refractivity contribution in [2.75, 3.05) is 10.9 Å². The summed E-state index contributed by atoms with van der Waals surface area (Å²) in [5, 5.41) is 12.7. The molecule has 1 aliphatic heterocycles. The topological polar surface area (TPSA) is 107 Å². The van der Waals surface area contributed by atoms with E-state index in [4.69, 9.17) is 4.74 Å². The Morgan fingerprint density at radius 3 is 2.14 bits per heavy atom.